The number of nitrogens with two attached hydrogens (primary N) is 1. The number of methoxy groups -OCH3 is 1. The zero-order valence-corrected chi connectivity index (χ0v) is 25.2. The van der Waals surface area contributed by atoms with Crippen LogP contribution in [0.15, 0.2) is 18.2 Å². The molecule has 0 bridgehead atoms. The van der Waals surface area contributed by atoms with Crippen LogP contribution < -0.4 is 15.2 Å². The normalized spacial score (nSPS) is 12.5. The van der Waals surface area contributed by atoms with Crippen molar-refractivity contribution in [3.63, 3.8) is 0 Å². The zero-order valence-electron chi connectivity index (χ0n) is 25.2. The molecule has 0 heterocycles. The van der Waals surface area contributed by atoms with Gasteiger partial charge in [-0.15, -0.1) is 0 Å². The molecule has 0 aliphatic rings. The molecule has 1 aromatic rings. The van der Waals surface area contributed by atoms with E-state index in [1.165, 1.54) is 25.3 Å². The topological polar surface area (TPSA) is 159 Å². The van der Waals surface area contributed by atoms with E-state index in [4.69, 9.17) is 38.9 Å². The van der Waals surface area contributed by atoms with Crippen molar-refractivity contribution in [1.82, 2.24) is 0 Å². The van der Waals surface area contributed by atoms with Crippen LogP contribution in [0.3, 0.4) is 0 Å². The predicted octanol–water partition coefficient (Wildman–Crippen LogP) is 5.42. The Bertz CT molecular complexity index is 993. The predicted molar refractivity (Wildman–Crippen MR) is 149 cm³/mol. The molecule has 0 aliphatic carbocycles. The van der Waals surface area contributed by atoms with Crippen LogP contribution in [-0.2, 0) is 34.9 Å². The number of esters is 1. The molecule has 1 aromatic carbocycles. The first-order chi connectivity index (χ1) is 19.2. The molecule has 0 aromatic heterocycles. The molecule has 0 radical (unpaired) electrons. The van der Waals surface area contributed by atoms with E-state index in [1.54, 1.807) is 0 Å². The van der Waals surface area contributed by atoms with Crippen molar-refractivity contribution in [3.8, 4) is 11.5 Å². The molecule has 0 saturated heterocycles. The Morgan fingerprint density at radius 2 is 1.27 bits per heavy atom. The van der Waals surface area contributed by atoms with E-state index in [0.717, 1.165) is 0 Å². The molecule has 0 fully saturated rings. The molecule has 41 heavy (non-hydrogen) atoms. The van der Waals surface area contributed by atoms with Gasteiger partial charge in [0.15, 0.2) is 11.5 Å². The van der Waals surface area contributed by atoms with Gasteiger partial charge < -0.3 is 38.9 Å². The number of ether oxygens (including phenoxy) is 7. The van der Waals surface area contributed by atoms with Gasteiger partial charge in [0, 0.05) is 12.8 Å². The van der Waals surface area contributed by atoms with Crippen molar-refractivity contribution in [2.75, 3.05) is 33.5 Å². The third kappa shape index (κ3) is 14.6. The summed E-state index contributed by atoms with van der Waals surface area (Å²) in [5.74, 6) is -0.225. The van der Waals surface area contributed by atoms with Crippen LogP contribution in [0, 0.1) is 17.8 Å². The van der Waals surface area contributed by atoms with Crippen molar-refractivity contribution in [2.45, 2.75) is 72.8 Å². The van der Waals surface area contributed by atoms with Crippen molar-refractivity contribution >= 4 is 24.4 Å². The van der Waals surface area contributed by atoms with Crippen molar-refractivity contribution in [1.29, 1.82) is 0 Å². The van der Waals surface area contributed by atoms with Crippen LogP contribution in [0.1, 0.15) is 66.4 Å². The Hall–Kier alpha value is -3.54. The fourth-order valence-electron chi connectivity index (χ4n) is 3.24. The Balaban J connectivity index is 3.09. The van der Waals surface area contributed by atoms with Crippen LogP contribution in [0.5, 0.6) is 11.5 Å². The first kappa shape index (κ1) is 35.5. The molecule has 0 unspecified atom stereocenters. The summed E-state index contributed by atoms with van der Waals surface area (Å²) < 4.78 is 35.7. The van der Waals surface area contributed by atoms with Gasteiger partial charge in [0.2, 0.25) is 0 Å². The standard InChI is InChI=1S/C29H45NO11/c1-19(2)10-13-36-27(33)40-23-9-8-22(16-24(23)41-28(34)37-14-11-20(3)4)17-29(30,25(31)35-7)12-15-38-26(32)39-18-21(5)6/h8-9,16,19-21H,10-15,17-18,30H2,1-7H3/t29-/m1/s1. The van der Waals surface area contributed by atoms with Crippen molar-refractivity contribution < 1.29 is 52.3 Å². The molecule has 1 atom stereocenters. The highest BCUT2D eigenvalue weighted by molar-refractivity contribution is 5.81. The Kier molecular flexibility index (Phi) is 15.6. The summed E-state index contributed by atoms with van der Waals surface area (Å²) in [6.07, 6.45) is -1.76. The van der Waals surface area contributed by atoms with E-state index in [1.807, 2.05) is 41.5 Å². The lowest BCUT2D eigenvalue weighted by Crippen LogP contribution is -2.51. The van der Waals surface area contributed by atoms with E-state index >= 15 is 0 Å². The van der Waals surface area contributed by atoms with Crippen molar-refractivity contribution in [2.24, 2.45) is 23.5 Å². The van der Waals surface area contributed by atoms with Gasteiger partial charge in [-0.2, -0.15) is 0 Å². The molecule has 2 N–H and O–H groups in total. The molecule has 12 nitrogen and oxygen atoms in total. The summed E-state index contributed by atoms with van der Waals surface area (Å²) in [6.45, 7) is 12.0. The Morgan fingerprint density at radius 1 is 0.732 bits per heavy atom. The fraction of sp³-hybridized carbons (Fsp3) is 0.655. The van der Waals surface area contributed by atoms with Crippen LogP contribution in [0.2, 0.25) is 0 Å². The number of carbonyl (C=O) groups excluding carboxylic acids is 4. The molecular formula is C29H45NO11. The van der Waals surface area contributed by atoms with E-state index in [2.05, 4.69) is 0 Å². The molecule has 0 amide bonds. The lowest BCUT2D eigenvalue weighted by atomic mass is 9.88. The number of carbonyl (C=O) groups is 4. The average Bonchev–Trinajstić information content (AvgIpc) is 2.88. The van der Waals surface area contributed by atoms with Gasteiger partial charge >= 0.3 is 24.4 Å². The van der Waals surface area contributed by atoms with E-state index in [0.29, 0.717) is 30.2 Å². The van der Waals surface area contributed by atoms with Crippen LogP contribution in [-0.4, -0.2) is 63.5 Å². The van der Waals surface area contributed by atoms with Crippen LogP contribution >= 0.6 is 0 Å². The van der Waals surface area contributed by atoms with Gasteiger partial charge in [-0.3, -0.25) is 4.79 Å². The molecular weight excluding hydrogens is 538 g/mol. The van der Waals surface area contributed by atoms with Gasteiger partial charge in [0.25, 0.3) is 0 Å². The summed E-state index contributed by atoms with van der Waals surface area (Å²) in [7, 11) is 1.19. The summed E-state index contributed by atoms with van der Waals surface area (Å²) in [6, 6.07) is 4.31. The molecule has 232 valence electrons. The maximum atomic E-state index is 12.6. The minimum absolute atomic E-state index is 0.0929. The molecule has 1 rings (SSSR count). The largest absolute Gasteiger partial charge is 0.513 e. The molecule has 0 saturated carbocycles. The molecule has 0 aliphatic heterocycles. The monoisotopic (exact) mass is 583 g/mol. The maximum absolute atomic E-state index is 12.6. The van der Waals surface area contributed by atoms with Gasteiger partial charge in [-0.05, 0) is 48.3 Å². The summed E-state index contributed by atoms with van der Waals surface area (Å²) in [5.41, 5.74) is 5.22. The van der Waals surface area contributed by atoms with Gasteiger partial charge in [-0.1, -0.05) is 47.6 Å². The SMILES string of the molecule is COC(=O)[C@@](N)(CCOC(=O)OCC(C)C)Cc1ccc(OC(=O)OCCC(C)C)c(OC(=O)OCCC(C)C)c1. The second-order valence-corrected chi connectivity index (χ2v) is 10.9. The summed E-state index contributed by atoms with van der Waals surface area (Å²) in [4.78, 5) is 49.0. The van der Waals surface area contributed by atoms with E-state index < -0.39 is 30.0 Å². The average molecular weight is 584 g/mol. The number of benzene rings is 1. The molecule has 12 heteroatoms. The first-order valence-electron chi connectivity index (χ1n) is 13.7. The Morgan fingerprint density at radius 3 is 1.78 bits per heavy atom. The van der Waals surface area contributed by atoms with Crippen LogP contribution in [0.25, 0.3) is 0 Å². The van der Waals surface area contributed by atoms with Gasteiger partial charge in [0.1, 0.15) is 5.54 Å². The lowest BCUT2D eigenvalue weighted by molar-refractivity contribution is -0.147. The van der Waals surface area contributed by atoms with Crippen molar-refractivity contribution in [3.05, 3.63) is 23.8 Å². The second-order valence-electron chi connectivity index (χ2n) is 10.9. The number of rotatable bonds is 16. The fourth-order valence-corrected chi connectivity index (χ4v) is 3.24. The maximum Gasteiger partial charge on any atom is 0.513 e. The van der Waals surface area contributed by atoms with E-state index in [-0.39, 0.29) is 56.7 Å². The van der Waals surface area contributed by atoms with Gasteiger partial charge in [0.05, 0.1) is 33.5 Å². The third-order valence-corrected chi connectivity index (χ3v) is 5.64. The highest BCUT2D eigenvalue weighted by Crippen LogP contribution is 2.31. The minimum Gasteiger partial charge on any atom is -0.468 e. The zero-order chi connectivity index (χ0) is 31.0. The van der Waals surface area contributed by atoms with E-state index in [9.17, 15) is 19.2 Å². The Labute approximate surface area is 242 Å². The number of hydrogen-bond acceptors (Lipinski definition) is 12. The minimum atomic E-state index is -1.61. The highest BCUT2D eigenvalue weighted by atomic mass is 16.7. The molecule has 0 spiro atoms. The van der Waals surface area contributed by atoms with Gasteiger partial charge in [-0.25, -0.2) is 14.4 Å². The van der Waals surface area contributed by atoms with Crippen LogP contribution in [0.4, 0.5) is 14.4 Å². The third-order valence-electron chi connectivity index (χ3n) is 5.64. The summed E-state index contributed by atoms with van der Waals surface area (Å²) in [5, 5.41) is 0. The lowest BCUT2D eigenvalue weighted by Gasteiger charge is -2.26. The summed E-state index contributed by atoms with van der Waals surface area (Å²) >= 11 is 0. The quantitative estimate of drug-likeness (QED) is 0.150. The highest BCUT2D eigenvalue weighted by Gasteiger charge is 2.36. The number of hydrogen-bond donors (Lipinski definition) is 1. The second kappa shape index (κ2) is 18.0. The smallest absolute Gasteiger partial charge is 0.468 e. The first-order valence-corrected chi connectivity index (χ1v) is 13.7.